The minimum Gasteiger partial charge on any atom is -0.478 e. The molecule has 0 aromatic carbocycles. The summed E-state index contributed by atoms with van der Waals surface area (Å²) in [7, 11) is 3.97. The summed E-state index contributed by atoms with van der Waals surface area (Å²) < 4.78 is 0. The summed E-state index contributed by atoms with van der Waals surface area (Å²) in [5, 5.41) is 12.1. The van der Waals surface area contributed by atoms with Crippen molar-refractivity contribution >= 4 is 11.8 Å². The third kappa shape index (κ3) is 3.42. The Labute approximate surface area is 101 Å². The van der Waals surface area contributed by atoms with E-state index in [9.17, 15) is 4.79 Å². The third-order valence-electron chi connectivity index (χ3n) is 2.94. The first-order chi connectivity index (χ1) is 7.84. The molecule has 0 saturated carbocycles. The van der Waals surface area contributed by atoms with E-state index in [1.165, 1.54) is 0 Å². The van der Waals surface area contributed by atoms with E-state index in [2.05, 4.69) is 29.0 Å². The fraction of sp³-hybridized carbons (Fsp3) is 0.500. The van der Waals surface area contributed by atoms with Gasteiger partial charge in [-0.05, 0) is 40.1 Å². The Morgan fingerprint density at radius 3 is 2.71 bits per heavy atom. The molecule has 0 aliphatic carbocycles. The topological polar surface area (TPSA) is 65.5 Å². The van der Waals surface area contributed by atoms with Gasteiger partial charge in [-0.25, -0.2) is 9.78 Å². The summed E-state index contributed by atoms with van der Waals surface area (Å²) in [4.78, 5) is 17.1. The number of carboxylic acid groups (broad SMARTS) is 1. The number of pyridine rings is 1. The van der Waals surface area contributed by atoms with Crippen molar-refractivity contribution in [3.05, 3.63) is 23.9 Å². The van der Waals surface area contributed by atoms with Gasteiger partial charge in [-0.1, -0.05) is 0 Å². The molecule has 0 bridgehead atoms. The van der Waals surface area contributed by atoms with E-state index < -0.39 is 5.97 Å². The lowest BCUT2D eigenvalue weighted by atomic mass is 10.0. The molecule has 1 aromatic rings. The van der Waals surface area contributed by atoms with Crippen LogP contribution in [0.1, 0.15) is 24.2 Å². The number of rotatable bonds is 5. The molecule has 1 rings (SSSR count). The van der Waals surface area contributed by atoms with Crippen LogP contribution in [-0.2, 0) is 0 Å². The molecule has 0 atom stereocenters. The zero-order valence-electron chi connectivity index (χ0n) is 10.7. The Balaban J connectivity index is 2.79. The van der Waals surface area contributed by atoms with E-state index in [0.29, 0.717) is 12.4 Å². The van der Waals surface area contributed by atoms with Crippen LogP contribution in [0.15, 0.2) is 18.3 Å². The summed E-state index contributed by atoms with van der Waals surface area (Å²) in [6.45, 7) is 4.77. The van der Waals surface area contributed by atoms with Crippen LogP contribution in [-0.4, -0.2) is 47.1 Å². The lowest BCUT2D eigenvalue weighted by molar-refractivity contribution is 0.0697. The highest BCUT2D eigenvalue weighted by molar-refractivity contribution is 5.92. The maximum Gasteiger partial charge on any atom is 0.339 e. The fourth-order valence-corrected chi connectivity index (χ4v) is 1.18. The van der Waals surface area contributed by atoms with Gasteiger partial charge in [-0.3, -0.25) is 0 Å². The molecule has 5 nitrogen and oxygen atoms in total. The van der Waals surface area contributed by atoms with Crippen LogP contribution in [0.25, 0.3) is 0 Å². The molecule has 0 unspecified atom stereocenters. The molecule has 0 aliphatic rings. The second-order valence-corrected chi connectivity index (χ2v) is 4.77. The van der Waals surface area contributed by atoms with E-state index in [-0.39, 0.29) is 11.1 Å². The molecule has 0 amide bonds. The van der Waals surface area contributed by atoms with E-state index in [4.69, 9.17) is 5.11 Å². The fourth-order valence-electron chi connectivity index (χ4n) is 1.18. The first kappa shape index (κ1) is 13.4. The Kier molecular flexibility index (Phi) is 4.07. The number of nitrogens with one attached hydrogen (secondary N) is 1. The zero-order chi connectivity index (χ0) is 13.1. The van der Waals surface area contributed by atoms with Gasteiger partial charge >= 0.3 is 5.97 Å². The quantitative estimate of drug-likeness (QED) is 0.813. The second kappa shape index (κ2) is 5.14. The first-order valence-corrected chi connectivity index (χ1v) is 5.44. The summed E-state index contributed by atoms with van der Waals surface area (Å²) >= 11 is 0. The molecule has 0 radical (unpaired) electrons. The predicted octanol–water partition coefficient (Wildman–Crippen LogP) is 1.53. The third-order valence-corrected chi connectivity index (χ3v) is 2.94. The number of hydrogen-bond acceptors (Lipinski definition) is 4. The molecule has 1 aromatic heterocycles. The highest BCUT2D eigenvalue weighted by Gasteiger charge is 2.21. The van der Waals surface area contributed by atoms with Crippen molar-refractivity contribution in [2.45, 2.75) is 19.4 Å². The van der Waals surface area contributed by atoms with E-state index in [0.717, 1.165) is 0 Å². The van der Waals surface area contributed by atoms with Gasteiger partial charge in [0.05, 0.1) is 0 Å². The molecule has 1 heterocycles. The van der Waals surface area contributed by atoms with Gasteiger partial charge in [0.1, 0.15) is 11.4 Å². The standard InChI is InChI=1S/C12H19N3O2/c1-12(2,15(3)4)8-14-10-9(11(16)17)6-5-7-13-10/h5-7H,8H2,1-4H3,(H,13,14)(H,16,17). The molecule has 94 valence electrons. The SMILES string of the molecule is CN(C)C(C)(C)CNc1ncccc1C(=O)O. The van der Waals surface area contributed by atoms with Gasteiger partial charge in [0.25, 0.3) is 0 Å². The average Bonchev–Trinajstić information content (AvgIpc) is 2.26. The molecule has 2 N–H and O–H groups in total. The van der Waals surface area contributed by atoms with E-state index in [1.807, 2.05) is 14.1 Å². The number of carbonyl (C=O) groups is 1. The van der Waals surface area contributed by atoms with Crippen molar-refractivity contribution in [3.63, 3.8) is 0 Å². The molecular formula is C12H19N3O2. The second-order valence-electron chi connectivity index (χ2n) is 4.77. The van der Waals surface area contributed by atoms with Crippen molar-refractivity contribution in [1.29, 1.82) is 0 Å². The Morgan fingerprint density at radius 1 is 1.53 bits per heavy atom. The van der Waals surface area contributed by atoms with Crippen molar-refractivity contribution in [1.82, 2.24) is 9.88 Å². The number of aromatic carboxylic acids is 1. The van der Waals surface area contributed by atoms with Gasteiger partial charge in [0.15, 0.2) is 0 Å². The number of anilines is 1. The number of aromatic nitrogens is 1. The molecule has 0 spiro atoms. The summed E-state index contributed by atoms with van der Waals surface area (Å²) in [6, 6.07) is 3.16. The van der Waals surface area contributed by atoms with Crippen molar-refractivity contribution in [3.8, 4) is 0 Å². The number of nitrogens with zero attached hydrogens (tertiary/aromatic N) is 2. The van der Waals surface area contributed by atoms with E-state index >= 15 is 0 Å². The van der Waals surface area contributed by atoms with Gasteiger partial charge in [0.2, 0.25) is 0 Å². The Bertz CT molecular complexity index is 402. The molecule has 0 saturated heterocycles. The summed E-state index contributed by atoms with van der Waals surface area (Å²) in [5.41, 5.74) is 0.120. The van der Waals surface area contributed by atoms with Crippen molar-refractivity contribution in [2.24, 2.45) is 0 Å². The maximum atomic E-state index is 11.0. The van der Waals surface area contributed by atoms with Crippen LogP contribution in [0.2, 0.25) is 0 Å². The summed E-state index contributed by atoms with van der Waals surface area (Å²) in [6.07, 6.45) is 1.58. The molecule has 0 fully saturated rings. The number of hydrogen-bond donors (Lipinski definition) is 2. The normalized spacial score (nSPS) is 11.6. The van der Waals surface area contributed by atoms with Crippen LogP contribution in [0, 0.1) is 0 Å². The predicted molar refractivity (Wildman–Crippen MR) is 67.5 cm³/mol. The highest BCUT2D eigenvalue weighted by atomic mass is 16.4. The zero-order valence-corrected chi connectivity index (χ0v) is 10.7. The van der Waals surface area contributed by atoms with Crippen LogP contribution >= 0.6 is 0 Å². The number of likely N-dealkylation sites (N-methyl/N-ethyl adjacent to an activating group) is 1. The monoisotopic (exact) mass is 237 g/mol. The van der Waals surface area contributed by atoms with E-state index in [1.54, 1.807) is 18.3 Å². The average molecular weight is 237 g/mol. The van der Waals surface area contributed by atoms with Gasteiger partial charge < -0.3 is 15.3 Å². The molecule has 0 aliphatic heterocycles. The van der Waals surface area contributed by atoms with Crippen molar-refractivity contribution < 1.29 is 9.90 Å². The lowest BCUT2D eigenvalue weighted by Gasteiger charge is -2.32. The Hall–Kier alpha value is -1.62. The van der Waals surface area contributed by atoms with Gasteiger partial charge in [-0.2, -0.15) is 0 Å². The Morgan fingerprint density at radius 2 is 2.18 bits per heavy atom. The largest absolute Gasteiger partial charge is 0.478 e. The van der Waals surface area contributed by atoms with Gasteiger partial charge in [-0.15, -0.1) is 0 Å². The lowest BCUT2D eigenvalue weighted by Crippen LogP contribution is -2.44. The molecule has 5 heteroatoms. The minimum atomic E-state index is -0.969. The highest BCUT2D eigenvalue weighted by Crippen LogP contribution is 2.15. The molecule has 17 heavy (non-hydrogen) atoms. The van der Waals surface area contributed by atoms with Crippen LogP contribution in [0.5, 0.6) is 0 Å². The van der Waals surface area contributed by atoms with Gasteiger partial charge in [0, 0.05) is 18.3 Å². The minimum absolute atomic E-state index is 0.0761. The van der Waals surface area contributed by atoms with Crippen molar-refractivity contribution in [2.75, 3.05) is 26.0 Å². The maximum absolute atomic E-state index is 11.0. The smallest absolute Gasteiger partial charge is 0.339 e. The summed E-state index contributed by atoms with van der Waals surface area (Å²) in [5.74, 6) is -0.557. The first-order valence-electron chi connectivity index (χ1n) is 5.44. The number of carboxylic acids is 1. The van der Waals surface area contributed by atoms with Crippen LogP contribution in [0.3, 0.4) is 0 Å². The molecular weight excluding hydrogens is 218 g/mol. The van der Waals surface area contributed by atoms with Crippen LogP contribution in [0.4, 0.5) is 5.82 Å². The van der Waals surface area contributed by atoms with Crippen LogP contribution < -0.4 is 5.32 Å².